The van der Waals surface area contributed by atoms with Crippen molar-refractivity contribution in [3.05, 3.63) is 76.3 Å². The Morgan fingerprint density at radius 2 is 1.44 bits per heavy atom. The van der Waals surface area contributed by atoms with Crippen molar-refractivity contribution < 1.29 is 38.1 Å². The Hall–Kier alpha value is -4.77. The highest BCUT2D eigenvalue weighted by atomic mass is 35.5. The number of hydrogen-bond donors (Lipinski definition) is 2. The van der Waals surface area contributed by atoms with Crippen LogP contribution in [-0.2, 0) is 4.79 Å². The van der Waals surface area contributed by atoms with Gasteiger partial charge in [-0.15, -0.1) is 0 Å². The van der Waals surface area contributed by atoms with E-state index < -0.39 is 17.8 Å². The molecule has 3 aromatic rings. The molecule has 0 radical (unpaired) electrons. The number of esters is 1. The number of ether oxygens (including phenoxy) is 5. The quantitative estimate of drug-likeness (QED) is 0.159. The largest absolute Gasteiger partial charge is 0.493 e. The molecule has 0 unspecified atom stereocenters. The highest BCUT2D eigenvalue weighted by molar-refractivity contribution is 6.30. The first kappa shape index (κ1) is 28.8. The number of carbonyl (C=O) groups excluding carboxylic acids is 3. The van der Waals surface area contributed by atoms with E-state index in [1.165, 1.54) is 52.9 Å². The summed E-state index contributed by atoms with van der Waals surface area (Å²) in [7, 11) is 5.74. The van der Waals surface area contributed by atoms with Crippen LogP contribution in [-0.4, -0.2) is 59.0 Å². The second kappa shape index (κ2) is 13.7. The Labute approximate surface area is 229 Å². The molecule has 0 aliphatic carbocycles. The zero-order valence-corrected chi connectivity index (χ0v) is 22.3. The number of methoxy groups -OCH3 is 4. The van der Waals surface area contributed by atoms with Crippen LogP contribution in [0.1, 0.15) is 26.3 Å². The number of rotatable bonds is 11. The number of benzene rings is 3. The summed E-state index contributed by atoms with van der Waals surface area (Å²) in [5, 5.41) is 6.88. The third-order valence-electron chi connectivity index (χ3n) is 5.21. The monoisotopic (exact) mass is 555 g/mol. The van der Waals surface area contributed by atoms with Gasteiger partial charge in [0.15, 0.2) is 23.0 Å². The number of hydrazone groups is 1. The number of halogens is 1. The minimum Gasteiger partial charge on any atom is -0.493 e. The highest BCUT2D eigenvalue weighted by Gasteiger charge is 2.17. The molecule has 204 valence electrons. The first-order chi connectivity index (χ1) is 18.8. The molecule has 0 aliphatic heterocycles. The molecule has 0 fully saturated rings. The van der Waals surface area contributed by atoms with Gasteiger partial charge in [-0.25, -0.2) is 10.2 Å². The van der Waals surface area contributed by atoms with Crippen molar-refractivity contribution in [3.8, 4) is 28.7 Å². The Balaban J connectivity index is 1.56. The lowest BCUT2D eigenvalue weighted by atomic mass is 10.1. The van der Waals surface area contributed by atoms with Crippen molar-refractivity contribution in [2.75, 3.05) is 35.0 Å². The highest BCUT2D eigenvalue weighted by Crippen LogP contribution is 2.38. The Kier molecular flexibility index (Phi) is 10.1. The normalized spacial score (nSPS) is 10.5. The Morgan fingerprint density at radius 1 is 0.795 bits per heavy atom. The predicted molar refractivity (Wildman–Crippen MR) is 144 cm³/mol. The van der Waals surface area contributed by atoms with Crippen molar-refractivity contribution in [3.63, 3.8) is 0 Å². The van der Waals surface area contributed by atoms with Crippen LogP contribution in [0.5, 0.6) is 28.7 Å². The SMILES string of the molecule is COc1cc(C=NNC(=O)CNC(=O)c2cc(OC)c(OC)c(OC)c2)ccc1OC(=O)c1ccc(Cl)cc1. The predicted octanol–water partition coefficient (Wildman–Crippen LogP) is 3.47. The van der Waals surface area contributed by atoms with Gasteiger partial charge in [-0.2, -0.15) is 5.10 Å². The van der Waals surface area contributed by atoms with Gasteiger partial charge in [0.1, 0.15) is 0 Å². The van der Waals surface area contributed by atoms with E-state index >= 15 is 0 Å². The zero-order valence-electron chi connectivity index (χ0n) is 21.6. The second-order valence-electron chi connectivity index (χ2n) is 7.70. The van der Waals surface area contributed by atoms with Crippen LogP contribution in [0, 0.1) is 0 Å². The van der Waals surface area contributed by atoms with Gasteiger partial charge in [-0.3, -0.25) is 9.59 Å². The van der Waals surface area contributed by atoms with E-state index in [1.54, 1.807) is 36.4 Å². The minimum absolute atomic E-state index is 0.202. The molecule has 3 aromatic carbocycles. The van der Waals surface area contributed by atoms with Crippen LogP contribution in [0.3, 0.4) is 0 Å². The fourth-order valence-electron chi connectivity index (χ4n) is 3.29. The van der Waals surface area contributed by atoms with Gasteiger partial charge in [0.05, 0.1) is 46.8 Å². The Bertz CT molecular complexity index is 1350. The van der Waals surface area contributed by atoms with Crippen LogP contribution < -0.4 is 34.4 Å². The molecule has 0 saturated carbocycles. The summed E-state index contributed by atoms with van der Waals surface area (Å²) in [5.74, 6) is -0.234. The lowest BCUT2D eigenvalue weighted by molar-refractivity contribution is -0.120. The van der Waals surface area contributed by atoms with Gasteiger partial charge < -0.3 is 29.0 Å². The van der Waals surface area contributed by atoms with Gasteiger partial charge in [-0.1, -0.05) is 11.6 Å². The summed E-state index contributed by atoms with van der Waals surface area (Å²) in [6.45, 7) is -0.338. The number of amides is 2. The topological polar surface area (TPSA) is 134 Å². The molecule has 39 heavy (non-hydrogen) atoms. The van der Waals surface area contributed by atoms with Crippen molar-refractivity contribution >= 4 is 35.6 Å². The first-order valence-corrected chi connectivity index (χ1v) is 11.7. The maximum Gasteiger partial charge on any atom is 0.343 e. The van der Waals surface area contributed by atoms with E-state index in [-0.39, 0.29) is 23.6 Å². The number of nitrogens with one attached hydrogen (secondary N) is 2. The summed E-state index contributed by atoms with van der Waals surface area (Å²) >= 11 is 5.85. The maximum atomic E-state index is 12.5. The van der Waals surface area contributed by atoms with E-state index in [2.05, 4.69) is 15.8 Å². The van der Waals surface area contributed by atoms with E-state index in [9.17, 15) is 14.4 Å². The lowest BCUT2D eigenvalue weighted by Gasteiger charge is -2.14. The van der Waals surface area contributed by atoms with Gasteiger partial charge >= 0.3 is 5.97 Å². The van der Waals surface area contributed by atoms with E-state index in [4.69, 9.17) is 35.3 Å². The summed E-state index contributed by atoms with van der Waals surface area (Å²) in [6.07, 6.45) is 1.37. The Morgan fingerprint density at radius 3 is 2.03 bits per heavy atom. The molecule has 0 aliphatic rings. The summed E-state index contributed by atoms with van der Waals surface area (Å²) < 4.78 is 26.4. The molecule has 2 N–H and O–H groups in total. The average molecular weight is 556 g/mol. The van der Waals surface area contributed by atoms with Crippen LogP contribution in [0.15, 0.2) is 59.7 Å². The molecule has 2 amide bonds. The fraction of sp³-hybridized carbons (Fsp3) is 0.185. The number of nitrogens with zero attached hydrogens (tertiary/aromatic N) is 1. The van der Waals surface area contributed by atoms with E-state index in [1.807, 2.05) is 0 Å². The smallest absolute Gasteiger partial charge is 0.343 e. The van der Waals surface area contributed by atoms with Gasteiger partial charge in [-0.05, 0) is 60.2 Å². The standard InChI is InChI=1S/C27H26ClN3O8/c1-35-21-11-16(5-10-20(21)39-27(34)17-6-8-19(28)9-7-17)14-30-31-24(32)15-29-26(33)18-12-22(36-2)25(38-4)23(13-18)37-3/h5-14H,15H2,1-4H3,(H,29,33)(H,31,32). The molecular weight excluding hydrogens is 530 g/mol. The average Bonchev–Trinajstić information content (AvgIpc) is 2.95. The molecule has 3 rings (SSSR count). The molecule has 0 heterocycles. The third-order valence-corrected chi connectivity index (χ3v) is 5.46. The zero-order chi connectivity index (χ0) is 28.4. The van der Waals surface area contributed by atoms with Gasteiger partial charge in [0.25, 0.3) is 11.8 Å². The number of hydrogen-bond acceptors (Lipinski definition) is 9. The van der Waals surface area contributed by atoms with Gasteiger partial charge in [0, 0.05) is 10.6 Å². The molecule has 12 heteroatoms. The van der Waals surface area contributed by atoms with Gasteiger partial charge in [0.2, 0.25) is 5.75 Å². The molecule has 0 saturated heterocycles. The molecule has 0 bridgehead atoms. The van der Waals surface area contributed by atoms with Crippen molar-refractivity contribution in [1.29, 1.82) is 0 Å². The summed E-state index contributed by atoms with van der Waals surface area (Å²) in [6, 6.07) is 13.9. The van der Waals surface area contributed by atoms with E-state index in [0.29, 0.717) is 33.4 Å². The second-order valence-corrected chi connectivity index (χ2v) is 8.13. The van der Waals surface area contributed by atoms with Crippen LogP contribution >= 0.6 is 11.6 Å². The first-order valence-electron chi connectivity index (χ1n) is 11.4. The molecule has 0 atom stereocenters. The van der Waals surface area contributed by atoms with Crippen LogP contribution in [0.4, 0.5) is 0 Å². The van der Waals surface area contributed by atoms with Crippen LogP contribution in [0.2, 0.25) is 5.02 Å². The molecule has 11 nitrogen and oxygen atoms in total. The van der Waals surface area contributed by atoms with Crippen LogP contribution in [0.25, 0.3) is 0 Å². The molecule has 0 spiro atoms. The van der Waals surface area contributed by atoms with Crippen molar-refractivity contribution in [2.45, 2.75) is 0 Å². The van der Waals surface area contributed by atoms with Crippen molar-refractivity contribution in [2.24, 2.45) is 5.10 Å². The van der Waals surface area contributed by atoms with Crippen molar-refractivity contribution in [1.82, 2.24) is 10.7 Å². The number of carbonyl (C=O) groups is 3. The lowest BCUT2D eigenvalue weighted by Crippen LogP contribution is -2.34. The molecule has 0 aromatic heterocycles. The summed E-state index contributed by atoms with van der Waals surface area (Å²) in [5.41, 5.74) is 3.42. The third kappa shape index (κ3) is 7.62. The van der Waals surface area contributed by atoms with E-state index in [0.717, 1.165) is 0 Å². The summed E-state index contributed by atoms with van der Waals surface area (Å²) in [4.78, 5) is 37.1. The maximum absolute atomic E-state index is 12.5. The fourth-order valence-corrected chi connectivity index (χ4v) is 3.41. The minimum atomic E-state index is -0.577. The molecular formula is C27H26ClN3O8.